The average molecular weight is 237 g/mol. The third-order valence-electron chi connectivity index (χ3n) is 2.47. The quantitative estimate of drug-likeness (QED) is 0.789. The Kier molecular flexibility index (Phi) is 6.01. The minimum atomic E-state index is 0.0566. The highest BCUT2D eigenvalue weighted by molar-refractivity contribution is 5.33. The normalized spacial score (nSPS) is 12.5. The molecule has 96 valence electrons. The molecule has 3 nitrogen and oxygen atoms in total. The molecule has 0 bridgehead atoms. The topological polar surface area (TPSA) is 30.5 Å². The maximum atomic E-state index is 5.93. The summed E-state index contributed by atoms with van der Waals surface area (Å²) in [6.45, 7) is 8.58. The van der Waals surface area contributed by atoms with Crippen LogP contribution in [-0.4, -0.2) is 32.9 Å². The van der Waals surface area contributed by atoms with E-state index in [2.05, 4.69) is 44.3 Å². The third-order valence-corrected chi connectivity index (χ3v) is 2.47. The minimum absolute atomic E-state index is 0.0566. The Morgan fingerprint density at radius 3 is 2.35 bits per heavy atom. The van der Waals surface area contributed by atoms with Crippen LogP contribution in [0.25, 0.3) is 0 Å². The van der Waals surface area contributed by atoms with Crippen LogP contribution in [0.5, 0.6) is 5.75 Å². The van der Waals surface area contributed by atoms with Gasteiger partial charge in [0.25, 0.3) is 0 Å². The lowest BCUT2D eigenvalue weighted by Gasteiger charge is -2.19. The van der Waals surface area contributed by atoms with Gasteiger partial charge < -0.3 is 14.8 Å². The zero-order valence-electron chi connectivity index (χ0n) is 11.2. The van der Waals surface area contributed by atoms with Crippen molar-refractivity contribution >= 4 is 0 Å². The van der Waals surface area contributed by atoms with Gasteiger partial charge in [0.1, 0.15) is 11.9 Å². The van der Waals surface area contributed by atoms with Crippen molar-refractivity contribution in [3.8, 4) is 5.75 Å². The molecule has 0 aliphatic rings. The largest absolute Gasteiger partial charge is 0.487 e. The van der Waals surface area contributed by atoms with Gasteiger partial charge in [0.2, 0.25) is 0 Å². The first kappa shape index (κ1) is 14.0. The number of rotatable bonds is 7. The summed E-state index contributed by atoms with van der Waals surface area (Å²) in [6.07, 6.45) is 0.0566. The second-order valence-electron chi connectivity index (χ2n) is 4.33. The molecule has 0 aliphatic carbocycles. The number of likely N-dealkylation sites (N-methyl/N-ethyl adjacent to an activating group) is 1. The van der Waals surface area contributed by atoms with Crippen molar-refractivity contribution in [3.63, 3.8) is 0 Å². The molecule has 0 radical (unpaired) electrons. The monoisotopic (exact) mass is 237 g/mol. The summed E-state index contributed by atoms with van der Waals surface area (Å²) < 4.78 is 11.1. The van der Waals surface area contributed by atoms with E-state index in [0.717, 1.165) is 18.8 Å². The molecule has 0 amide bonds. The van der Waals surface area contributed by atoms with Crippen molar-refractivity contribution < 1.29 is 9.47 Å². The van der Waals surface area contributed by atoms with E-state index in [1.807, 2.05) is 0 Å². The Labute approximate surface area is 104 Å². The number of methoxy groups -OCH3 is 1. The maximum Gasteiger partial charge on any atom is 0.134 e. The number of aryl methyl sites for hydroxylation is 2. The van der Waals surface area contributed by atoms with E-state index < -0.39 is 0 Å². The van der Waals surface area contributed by atoms with E-state index in [1.54, 1.807) is 7.11 Å². The fraction of sp³-hybridized carbons (Fsp3) is 0.571. The van der Waals surface area contributed by atoms with E-state index in [-0.39, 0.29) is 6.10 Å². The summed E-state index contributed by atoms with van der Waals surface area (Å²) >= 11 is 0. The average Bonchev–Trinajstić information content (AvgIpc) is 2.24. The van der Waals surface area contributed by atoms with Gasteiger partial charge in [-0.25, -0.2) is 0 Å². The van der Waals surface area contributed by atoms with Crippen molar-refractivity contribution in [1.82, 2.24) is 5.32 Å². The molecule has 1 aromatic carbocycles. The van der Waals surface area contributed by atoms with Crippen LogP contribution in [0.4, 0.5) is 0 Å². The van der Waals surface area contributed by atoms with Gasteiger partial charge in [-0.3, -0.25) is 0 Å². The second kappa shape index (κ2) is 7.30. The zero-order valence-corrected chi connectivity index (χ0v) is 11.2. The molecule has 0 aromatic heterocycles. The number of hydrogen-bond acceptors (Lipinski definition) is 3. The molecular weight excluding hydrogens is 214 g/mol. The number of hydrogen-bond donors (Lipinski definition) is 1. The first-order chi connectivity index (χ1) is 8.15. The van der Waals surface area contributed by atoms with Crippen LogP contribution >= 0.6 is 0 Å². The molecule has 0 heterocycles. The van der Waals surface area contributed by atoms with E-state index in [4.69, 9.17) is 9.47 Å². The summed E-state index contributed by atoms with van der Waals surface area (Å²) in [5, 5.41) is 3.28. The van der Waals surface area contributed by atoms with Gasteiger partial charge in [-0.15, -0.1) is 0 Å². The number of benzene rings is 1. The van der Waals surface area contributed by atoms with Gasteiger partial charge in [-0.05, 0) is 43.7 Å². The zero-order chi connectivity index (χ0) is 12.7. The lowest BCUT2D eigenvalue weighted by Crippen LogP contribution is -2.34. The van der Waals surface area contributed by atoms with Crippen LogP contribution in [0.15, 0.2) is 18.2 Å². The van der Waals surface area contributed by atoms with Crippen LogP contribution in [0.3, 0.4) is 0 Å². The molecule has 1 N–H and O–H groups in total. The highest BCUT2D eigenvalue weighted by Crippen LogP contribution is 2.17. The van der Waals surface area contributed by atoms with Gasteiger partial charge in [-0.2, -0.15) is 0 Å². The van der Waals surface area contributed by atoms with Gasteiger partial charge in [-0.1, -0.05) is 13.0 Å². The highest BCUT2D eigenvalue weighted by atomic mass is 16.5. The molecule has 17 heavy (non-hydrogen) atoms. The predicted molar refractivity (Wildman–Crippen MR) is 70.8 cm³/mol. The van der Waals surface area contributed by atoms with Crippen LogP contribution in [0, 0.1) is 13.8 Å². The fourth-order valence-electron chi connectivity index (χ4n) is 1.82. The smallest absolute Gasteiger partial charge is 0.134 e. The Bertz CT molecular complexity index is 319. The van der Waals surface area contributed by atoms with Crippen molar-refractivity contribution in [2.45, 2.75) is 26.9 Å². The van der Waals surface area contributed by atoms with Gasteiger partial charge >= 0.3 is 0 Å². The predicted octanol–water partition coefficient (Wildman–Crippen LogP) is 2.31. The third kappa shape index (κ3) is 5.20. The highest BCUT2D eigenvalue weighted by Gasteiger charge is 2.10. The molecule has 1 aromatic rings. The molecule has 1 atom stereocenters. The van der Waals surface area contributed by atoms with E-state index in [9.17, 15) is 0 Å². The van der Waals surface area contributed by atoms with Gasteiger partial charge in [0.15, 0.2) is 0 Å². The molecule has 1 rings (SSSR count). The van der Waals surface area contributed by atoms with Crippen molar-refractivity contribution in [2.24, 2.45) is 0 Å². The van der Waals surface area contributed by atoms with Crippen LogP contribution in [0.1, 0.15) is 18.1 Å². The van der Waals surface area contributed by atoms with Gasteiger partial charge in [0, 0.05) is 13.7 Å². The molecular formula is C14H23NO2. The van der Waals surface area contributed by atoms with E-state index >= 15 is 0 Å². The Morgan fingerprint density at radius 1 is 1.18 bits per heavy atom. The number of nitrogens with one attached hydrogen (secondary N) is 1. The lowest BCUT2D eigenvalue weighted by atomic mass is 10.1. The molecule has 0 spiro atoms. The summed E-state index contributed by atoms with van der Waals surface area (Å²) in [4.78, 5) is 0. The first-order valence-electron chi connectivity index (χ1n) is 6.10. The van der Waals surface area contributed by atoms with Crippen LogP contribution in [-0.2, 0) is 4.74 Å². The van der Waals surface area contributed by atoms with Crippen LogP contribution < -0.4 is 10.1 Å². The Balaban J connectivity index is 2.63. The van der Waals surface area contributed by atoms with Crippen molar-refractivity contribution in [3.05, 3.63) is 29.3 Å². The second-order valence-corrected chi connectivity index (χ2v) is 4.33. The fourth-order valence-corrected chi connectivity index (χ4v) is 1.82. The summed E-state index contributed by atoms with van der Waals surface area (Å²) in [5.74, 6) is 0.919. The number of ether oxygens (including phenoxy) is 2. The molecule has 1 unspecified atom stereocenters. The first-order valence-corrected chi connectivity index (χ1v) is 6.10. The maximum absolute atomic E-state index is 5.93. The molecule has 0 saturated heterocycles. The minimum Gasteiger partial charge on any atom is -0.487 e. The van der Waals surface area contributed by atoms with Crippen molar-refractivity contribution in [1.29, 1.82) is 0 Å². The Morgan fingerprint density at radius 2 is 1.82 bits per heavy atom. The molecule has 0 saturated carbocycles. The summed E-state index contributed by atoms with van der Waals surface area (Å²) in [6, 6.07) is 6.26. The lowest BCUT2D eigenvalue weighted by molar-refractivity contribution is 0.0809. The molecule has 0 aliphatic heterocycles. The SMILES string of the molecule is CCNCC(COC)Oc1cc(C)cc(C)c1. The van der Waals surface area contributed by atoms with E-state index in [1.165, 1.54) is 11.1 Å². The summed E-state index contributed by atoms with van der Waals surface area (Å²) in [7, 11) is 1.70. The van der Waals surface area contributed by atoms with E-state index in [0.29, 0.717) is 6.61 Å². The summed E-state index contributed by atoms with van der Waals surface area (Å²) in [5.41, 5.74) is 2.44. The standard InChI is InChI=1S/C14H23NO2/c1-5-15-9-14(10-16-4)17-13-7-11(2)6-12(3)8-13/h6-8,14-15H,5,9-10H2,1-4H3. The van der Waals surface area contributed by atoms with Crippen molar-refractivity contribution in [2.75, 3.05) is 26.8 Å². The van der Waals surface area contributed by atoms with Gasteiger partial charge in [0.05, 0.1) is 6.61 Å². The van der Waals surface area contributed by atoms with Crippen LogP contribution in [0.2, 0.25) is 0 Å². The molecule has 0 fully saturated rings. The Hall–Kier alpha value is -1.06. The molecule has 3 heteroatoms.